The molecular weight excluding hydrogens is 688 g/mol. The summed E-state index contributed by atoms with van der Waals surface area (Å²) in [5, 5.41) is 42.2. The molecule has 12 N–H and O–H groups in total. The second kappa shape index (κ2) is 20.6. The van der Waals surface area contributed by atoms with Crippen molar-refractivity contribution < 1.29 is 58.5 Å². The Morgan fingerprint density at radius 2 is 1.33 bits per heavy atom. The van der Waals surface area contributed by atoms with Gasteiger partial charge in [0.2, 0.25) is 35.4 Å². The van der Waals surface area contributed by atoms with E-state index in [9.17, 15) is 48.3 Å². The minimum absolute atomic E-state index is 0.0822. The van der Waals surface area contributed by atoms with Gasteiger partial charge in [0.25, 0.3) is 0 Å². The molecule has 1 aromatic carbocycles. The second-order valence-corrected chi connectivity index (χ2v) is 12.1. The Kier molecular flexibility index (Phi) is 16.7. The number of carbonyl (C=O) groups excluding carboxylic acids is 6. The van der Waals surface area contributed by atoms with Crippen molar-refractivity contribution in [3.8, 4) is 0 Å². The molecular formula is C32H44N8O12. The number of amides is 6. The number of carboxylic acid groups (broad SMARTS) is 3. The van der Waals surface area contributed by atoms with Crippen LogP contribution in [0.5, 0.6) is 0 Å². The van der Waals surface area contributed by atoms with E-state index in [0.717, 1.165) is 10.9 Å². The summed E-state index contributed by atoms with van der Waals surface area (Å²) in [7, 11) is 0. The molecule has 52 heavy (non-hydrogen) atoms. The van der Waals surface area contributed by atoms with E-state index >= 15 is 0 Å². The molecule has 1 aromatic heterocycles. The van der Waals surface area contributed by atoms with Crippen LogP contribution in [0.1, 0.15) is 45.1 Å². The van der Waals surface area contributed by atoms with Crippen molar-refractivity contribution in [3.05, 3.63) is 36.0 Å². The van der Waals surface area contributed by atoms with E-state index in [1.54, 1.807) is 44.3 Å². The third kappa shape index (κ3) is 14.4. The first-order valence-corrected chi connectivity index (χ1v) is 16.2. The van der Waals surface area contributed by atoms with Crippen LogP contribution in [0.4, 0.5) is 0 Å². The summed E-state index contributed by atoms with van der Waals surface area (Å²) in [6.07, 6.45) is -0.147. The van der Waals surface area contributed by atoms with E-state index in [0.29, 0.717) is 5.56 Å². The topological polar surface area (TPSA) is 328 Å². The van der Waals surface area contributed by atoms with Crippen molar-refractivity contribution in [1.82, 2.24) is 36.9 Å². The zero-order valence-corrected chi connectivity index (χ0v) is 28.5. The van der Waals surface area contributed by atoms with Crippen LogP contribution in [0.25, 0.3) is 10.9 Å². The number of aliphatic carboxylic acids is 3. The van der Waals surface area contributed by atoms with Crippen LogP contribution >= 0.6 is 0 Å². The molecule has 0 radical (unpaired) electrons. The number of H-pyrrole nitrogens is 1. The fraction of sp³-hybridized carbons (Fsp3) is 0.469. The number of fused-ring (bicyclic) bond motifs is 1. The first-order valence-electron chi connectivity index (χ1n) is 16.2. The average Bonchev–Trinajstić information content (AvgIpc) is 3.48. The molecule has 0 aliphatic heterocycles. The molecule has 0 saturated heterocycles. The molecule has 2 aromatic rings. The van der Waals surface area contributed by atoms with Gasteiger partial charge in [-0.15, -0.1) is 0 Å². The molecule has 4 atom stereocenters. The summed E-state index contributed by atoms with van der Waals surface area (Å²) in [6, 6.07) is 1.44. The number of para-hydroxylation sites is 1. The number of nitrogens with one attached hydrogen (secondary N) is 7. The van der Waals surface area contributed by atoms with Crippen molar-refractivity contribution in [2.24, 2.45) is 11.7 Å². The highest BCUT2D eigenvalue weighted by Crippen LogP contribution is 2.19. The van der Waals surface area contributed by atoms with E-state index in [1.165, 1.54) is 0 Å². The van der Waals surface area contributed by atoms with Crippen LogP contribution in [0.2, 0.25) is 0 Å². The fourth-order valence-corrected chi connectivity index (χ4v) is 4.92. The number of hydrogen-bond donors (Lipinski definition) is 11. The molecule has 0 fully saturated rings. The van der Waals surface area contributed by atoms with Crippen molar-refractivity contribution in [1.29, 1.82) is 0 Å². The molecule has 0 spiro atoms. The van der Waals surface area contributed by atoms with Gasteiger partial charge in [0.05, 0.1) is 26.1 Å². The standard InChI is InChI=1S/C32H44N8O12/c1-16(2)9-21(38-26(43)15-35-25(42)14-36-29(48)23(11-28(46)47)37-24(41)12-33)30(49)40-22(10-17-13-34-19-6-4-3-5-18(17)19)31(50)39-20(32(51)52)7-8-27(44)45/h3-6,13,16,20-23,34H,7-12,14-15,33H2,1-2H3,(H,35,42)(H,36,48)(H,37,41)(H,38,43)(H,39,50)(H,40,49)(H,44,45)(H,46,47)(H,51,52)/t20-,21-,22-,23-/m0/s1. The molecule has 0 bridgehead atoms. The summed E-state index contributed by atoms with van der Waals surface area (Å²) in [5.74, 6) is -9.48. The third-order valence-corrected chi connectivity index (χ3v) is 7.44. The highest BCUT2D eigenvalue weighted by atomic mass is 16.4. The first-order chi connectivity index (χ1) is 24.5. The summed E-state index contributed by atoms with van der Waals surface area (Å²) in [4.78, 5) is 113. The number of carboxylic acids is 3. The summed E-state index contributed by atoms with van der Waals surface area (Å²) in [6.45, 7) is 1.68. The second-order valence-electron chi connectivity index (χ2n) is 12.1. The van der Waals surface area contributed by atoms with E-state index in [-0.39, 0.29) is 18.8 Å². The molecule has 284 valence electrons. The van der Waals surface area contributed by atoms with E-state index in [2.05, 4.69) is 36.9 Å². The highest BCUT2D eigenvalue weighted by molar-refractivity contribution is 5.96. The van der Waals surface area contributed by atoms with E-state index < -0.39 is 116 Å². The van der Waals surface area contributed by atoms with Crippen LogP contribution in [0.3, 0.4) is 0 Å². The van der Waals surface area contributed by atoms with Crippen LogP contribution < -0.4 is 37.6 Å². The Morgan fingerprint density at radius 3 is 1.94 bits per heavy atom. The Morgan fingerprint density at radius 1 is 0.712 bits per heavy atom. The SMILES string of the molecule is CC(C)C[C@H](NC(=O)CNC(=O)CNC(=O)[C@H](CC(=O)O)NC(=O)CN)C(=O)N[C@@H](Cc1c[nH]c2ccccc12)C(=O)N[C@@H](CCC(=O)O)C(=O)O. The highest BCUT2D eigenvalue weighted by Gasteiger charge is 2.31. The van der Waals surface area contributed by atoms with Gasteiger partial charge in [-0.2, -0.15) is 0 Å². The quantitative estimate of drug-likeness (QED) is 0.0588. The van der Waals surface area contributed by atoms with Gasteiger partial charge in [-0.3, -0.25) is 38.4 Å². The van der Waals surface area contributed by atoms with Crippen molar-refractivity contribution in [2.75, 3.05) is 19.6 Å². The largest absolute Gasteiger partial charge is 0.481 e. The van der Waals surface area contributed by atoms with Crippen LogP contribution in [-0.2, 0) is 49.6 Å². The average molecular weight is 733 g/mol. The van der Waals surface area contributed by atoms with E-state index in [1.807, 2.05) is 0 Å². The summed E-state index contributed by atoms with van der Waals surface area (Å²) < 4.78 is 0. The van der Waals surface area contributed by atoms with Crippen LogP contribution in [0.15, 0.2) is 30.5 Å². The van der Waals surface area contributed by atoms with Gasteiger partial charge in [0.1, 0.15) is 24.2 Å². The van der Waals surface area contributed by atoms with Crippen LogP contribution in [0, 0.1) is 5.92 Å². The number of carbonyl (C=O) groups is 9. The molecule has 1 heterocycles. The Balaban J connectivity index is 2.14. The Bertz CT molecular complexity index is 1640. The predicted molar refractivity (Wildman–Crippen MR) is 181 cm³/mol. The number of nitrogens with two attached hydrogens (primary N) is 1. The zero-order chi connectivity index (χ0) is 39.0. The molecule has 2 rings (SSSR count). The van der Waals surface area contributed by atoms with E-state index in [4.69, 9.17) is 15.9 Å². The number of hydrogen-bond acceptors (Lipinski definition) is 10. The minimum atomic E-state index is -1.57. The maximum Gasteiger partial charge on any atom is 0.326 e. The van der Waals surface area contributed by atoms with Gasteiger partial charge < -0.3 is 57.9 Å². The molecule has 20 nitrogen and oxygen atoms in total. The van der Waals surface area contributed by atoms with Crippen LogP contribution in [-0.4, -0.2) is 117 Å². The summed E-state index contributed by atoms with van der Waals surface area (Å²) >= 11 is 0. The number of rotatable bonds is 22. The molecule has 6 amide bonds. The number of aromatic amines is 1. The zero-order valence-electron chi connectivity index (χ0n) is 28.5. The van der Waals surface area contributed by atoms with Gasteiger partial charge in [-0.25, -0.2) is 4.79 Å². The smallest absolute Gasteiger partial charge is 0.326 e. The normalized spacial score (nSPS) is 13.2. The lowest BCUT2D eigenvalue weighted by atomic mass is 10.0. The number of benzene rings is 1. The molecule has 0 aliphatic carbocycles. The van der Waals surface area contributed by atoms with Crippen molar-refractivity contribution >= 4 is 64.3 Å². The Labute approximate surface area is 297 Å². The molecule has 0 saturated carbocycles. The fourth-order valence-electron chi connectivity index (χ4n) is 4.92. The Hall–Kier alpha value is -6.05. The van der Waals surface area contributed by atoms with Gasteiger partial charge in [-0.05, 0) is 30.4 Å². The lowest BCUT2D eigenvalue weighted by molar-refractivity contribution is -0.143. The summed E-state index contributed by atoms with van der Waals surface area (Å²) in [5.41, 5.74) is 6.51. The predicted octanol–water partition coefficient (Wildman–Crippen LogP) is -2.69. The maximum atomic E-state index is 13.6. The van der Waals surface area contributed by atoms with Gasteiger partial charge in [0, 0.05) is 29.9 Å². The van der Waals surface area contributed by atoms with Gasteiger partial charge in [-0.1, -0.05) is 32.0 Å². The minimum Gasteiger partial charge on any atom is -0.481 e. The van der Waals surface area contributed by atoms with Gasteiger partial charge >= 0.3 is 17.9 Å². The van der Waals surface area contributed by atoms with Gasteiger partial charge in [0.15, 0.2) is 0 Å². The third-order valence-electron chi connectivity index (χ3n) is 7.44. The molecule has 20 heteroatoms. The first kappa shape index (κ1) is 42.1. The molecule has 0 aliphatic rings. The van der Waals surface area contributed by atoms with Crippen molar-refractivity contribution in [3.63, 3.8) is 0 Å². The molecule has 0 unspecified atom stereocenters. The lowest BCUT2D eigenvalue weighted by Gasteiger charge is -2.25. The number of aromatic nitrogens is 1. The monoisotopic (exact) mass is 732 g/mol. The maximum absolute atomic E-state index is 13.6. The van der Waals surface area contributed by atoms with Crippen molar-refractivity contribution in [2.45, 2.75) is 70.1 Å². The lowest BCUT2D eigenvalue weighted by Crippen LogP contribution is -2.57.